The molecular formula is C24H26N4O4S. The highest BCUT2D eigenvalue weighted by molar-refractivity contribution is 7.22. The largest absolute Gasteiger partial charge is 0.420 e. The summed E-state index contributed by atoms with van der Waals surface area (Å²) in [4.78, 5) is 34.8. The van der Waals surface area contributed by atoms with Crippen LogP contribution < -0.4 is 10.7 Å². The number of para-hydroxylation sites is 2. The van der Waals surface area contributed by atoms with Crippen LogP contribution in [-0.4, -0.2) is 59.8 Å². The minimum Gasteiger partial charge on any atom is -0.408 e. The number of morpholine rings is 1. The van der Waals surface area contributed by atoms with E-state index in [-0.39, 0.29) is 12.5 Å². The molecule has 1 amide bonds. The fraction of sp³-hybridized carbons (Fsp3) is 0.375. The number of fused-ring (bicyclic) bond motifs is 2. The van der Waals surface area contributed by atoms with E-state index < -0.39 is 5.76 Å². The molecule has 1 aliphatic rings. The van der Waals surface area contributed by atoms with Crippen molar-refractivity contribution in [1.82, 2.24) is 14.5 Å². The third-order valence-electron chi connectivity index (χ3n) is 6.14. The molecule has 8 nitrogen and oxygen atoms in total. The van der Waals surface area contributed by atoms with Gasteiger partial charge in [0.2, 0.25) is 5.91 Å². The van der Waals surface area contributed by atoms with Gasteiger partial charge in [0, 0.05) is 26.2 Å². The van der Waals surface area contributed by atoms with Crippen molar-refractivity contribution in [3.8, 4) is 0 Å². The van der Waals surface area contributed by atoms with Gasteiger partial charge < -0.3 is 9.15 Å². The molecule has 5 rings (SSSR count). The number of aryl methyl sites for hydroxylation is 2. The molecule has 0 saturated carbocycles. The molecule has 0 bridgehead atoms. The number of amides is 1. The van der Waals surface area contributed by atoms with Crippen molar-refractivity contribution in [2.75, 3.05) is 44.3 Å². The number of anilines is 1. The van der Waals surface area contributed by atoms with E-state index in [1.807, 2.05) is 6.07 Å². The van der Waals surface area contributed by atoms with Crippen LogP contribution in [0.3, 0.4) is 0 Å². The Morgan fingerprint density at radius 2 is 1.91 bits per heavy atom. The van der Waals surface area contributed by atoms with Crippen molar-refractivity contribution in [2.45, 2.75) is 20.4 Å². The fourth-order valence-corrected chi connectivity index (χ4v) is 5.15. The van der Waals surface area contributed by atoms with E-state index in [4.69, 9.17) is 14.1 Å². The predicted octanol–water partition coefficient (Wildman–Crippen LogP) is 3.19. The number of hydrogen-bond acceptors (Lipinski definition) is 7. The minimum atomic E-state index is -0.534. The van der Waals surface area contributed by atoms with Crippen LogP contribution in [0.4, 0.5) is 5.13 Å². The Kier molecular flexibility index (Phi) is 6.01. The Bertz CT molecular complexity index is 1330. The molecule has 0 aliphatic carbocycles. The number of thiazole rings is 1. The smallest absolute Gasteiger partial charge is 0.408 e. The number of nitrogens with zero attached hydrogens (tertiary/aromatic N) is 4. The molecule has 172 valence electrons. The van der Waals surface area contributed by atoms with Gasteiger partial charge in [0.1, 0.15) is 6.54 Å². The first-order valence-corrected chi connectivity index (χ1v) is 11.9. The summed E-state index contributed by atoms with van der Waals surface area (Å²) in [6.07, 6.45) is 0. The van der Waals surface area contributed by atoms with Crippen LogP contribution in [0.1, 0.15) is 11.1 Å². The molecule has 0 radical (unpaired) electrons. The van der Waals surface area contributed by atoms with E-state index in [2.05, 4.69) is 30.9 Å². The normalized spacial score (nSPS) is 14.8. The third-order valence-corrected chi connectivity index (χ3v) is 7.18. The van der Waals surface area contributed by atoms with Crippen molar-refractivity contribution in [3.05, 3.63) is 58.1 Å². The van der Waals surface area contributed by atoms with Crippen LogP contribution in [-0.2, 0) is 16.1 Å². The van der Waals surface area contributed by atoms with E-state index >= 15 is 0 Å². The van der Waals surface area contributed by atoms with Crippen LogP contribution >= 0.6 is 11.3 Å². The maximum atomic E-state index is 13.5. The molecule has 0 spiro atoms. The van der Waals surface area contributed by atoms with Gasteiger partial charge in [0.25, 0.3) is 0 Å². The molecule has 33 heavy (non-hydrogen) atoms. The van der Waals surface area contributed by atoms with E-state index in [9.17, 15) is 9.59 Å². The standard InChI is InChI=1S/C24H26N4O4S/c1-16-13-18-21(14-17(16)2)33-23(25-18)27(8-7-26-9-11-31-12-10-26)22(29)15-28-19-5-3-4-6-20(19)32-24(28)30/h3-6,13-14H,7-12,15H2,1-2H3. The highest BCUT2D eigenvalue weighted by Gasteiger charge is 2.24. The van der Waals surface area contributed by atoms with Crippen LogP contribution in [0.2, 0.25) is 0 Å². The Balaban J connectivity index is 1.46. The number of hydrogen-bond donors (Lipinski definition) is 0. The topological polar surface area (TPSA) is 80.8 Å². The van der Waals surface area contributed by atoms with Gasteiger partial charge in [-0.05, 0) is 49.2 Å². The zero-order valence-corrected chi connectivity index (χ0v) is 19.6. The van der Waals surface area contributed by atoms with Crippen molar-refractivity contribution < 1.29 is 13.9 Å². The highest BCUT2D eigenvalue weighted by atomic mass is 32.1. The fourth-order valence-electron chi connectivity index (χ4n) is 4.06. The lowest BCUT2D eigenvalue weighted by Gasteiger charge is -2.29. The Morgan fingerprint density at radius 1 is 1.15 bits per heavy atom. The zero-order chi connectivity index (χ0) is 22.9. The van der Waals surface area contributed by atoms with Crippen LogP contribution in [0.25, 0.3) is 21.3 Å². The number of rotatable bonds is 6. The lowest BCUT2D eigenvalue weighted by Crippen LogP contribution is -2.44. The van der Waals surface area contributed by atoms with Gasteiger partial charge in [-0.3, -0.25) is 19.2 Å². The molecular weight excluding hydrogens is 440 g/mol. The summed E-state index contributed by atoms with van der Waals surface area (Å²) in [7, 11) is 0. The first-order valence-electron chi connectivity index (χ1n) is 11.1. The molecule has 2 aromatic heterocycles. The van der Waals surface area contributed by atoms with Crippen molar-refractivity contribution >= 4 is 43.7 Å². The SMILES string of the molecule is Cc1cc2nc(N(CCN3CCOCC3)C(=O)Cn3c(=O)oc4ccccc43)sc2cc1C. The molecule has 0 N–H and O–H groups in total. The number of oxazole rings is 1. The second-order valence-corrected chi connectivity index (χ2v) is 9.33. The summed E-state index contributed by atoms with van der Waals surface area (Å²) in [5, 5.41) is 0.647. The second kappa shape index (κ2) is 9.09. The number of benzene rings is 2. The molecule has 0 unspecified atom stereocenters. The molecule has 4 aromatic rings. The Labute approximate surface area is 195 Å². The first kappa shape index (κ1) is 21.8. The van der Waals surface area contributed by atoms with Gasteiger partial charge >= 0.3 is 5.76 Å². The van der Waals surface area contributed by atoms with Gasteiger partial charge in [-0.15, -0.1) is 0 Å². The van der Waals surface area contributed by atoms with Crippen LogP contribution in [0.5, 0.6) is 0 Å². The summed E-state index contributed by atoms with van der Waals surface area (Å²) < 4.78 is 13.2. The summed E-state index contributed by atoms with van der Waals surface area (Å²) in [6, 6.07) is 11.3. The van der Waals surface area contributed by atoms with Gasteiger partial charge in [0.15, 0.2) is 10.7 Å². The molecule has 1 fully saturated rings. The van der Waals surface area contributed by atoms with E-state index in [0.29, 0.717) is 42.5 Å². The molecule has 1 saturated heterocycles. The Hall–Kier alpha value is -3.01. The van der Waals surface area contributed by atoms with Crippen molar-refractivity contribution in [3.63, 3.8) is 0 Å². The second-order valence-electron chi connectivity index (χ2n) is 8.32. The monoisotopic (exact) mass is 466 g/mol. The number of carbonyl (C=O) groups is 1. The molecule has 1 aliphatic heterocycles. The van der Waals surface area contributed by atoms with E-state index in [0.717, 1.165) is 23.3 Å². The minimum absolute atomic E-state index is 0.104. The maximum absolute atomic E-state index is 13.5. The molecule has 3 heterocycles. The maximum Gasteiger partial charge on any atom is 0.420 e. The summed E-state index contributed by atoms with van der Waals surface area (Å²) in [5.74, 6) is -0.724. The van der Waals surface area contributed by atoms with E-state index in [1.165, 1.54) is 27.0 Å². The van der Waals surface area contributed by atoms with Crippen molar-refractivity contribution in [2.24, 2.45) is 0 Å². The molecule has 0 atom stereocenters. The van der Waals surface area contributed by atoms with Crippen LogP contribution in [0, 0.1) is 13.8 Å². The average molecular weight is 467 g/mol. The number of carbonyl (C=O) groups excluding carboxylic acids is 1. The van der Waals surface area contributed by atoms with E-state index in [1.54, 1.807) is 23.1 Å². The number of aromatic nitrogens is 2. The lowest BCUT2D eigenvalue weighted by atomic mass is 10.1. The van der Waals surface area contributed by atoms with Gasteiger partial charge in [0.05, 0.1) is 28.9 Å². The highest BCUT2D eigenvalue weighted by Crippen LogP contribution is 2.31. The Morgan fingerprint density at radius 3 is 2.73 bits per heavy atom. The number of ether oxygens (including phenoxy) is 1. The molecule has 9 heteroatoms. The predicted molar refractivity (Wildman–Crippen MR) is 129 cm³/mol. The van der Waals surface area contributed by atoms with Gasteiger partial charge in [-0.1, -0.05) is 23.5 Å². The quantitative estimate of drug-likeness (QED) is 0.434. The third kappa shape index (κ3) is 4.44. The summed E-state index contributed by atoms with van der Waals surface area (Å²) in [6.45, 7) is 8.31. The summed E-state index contributed by atoms with van der Waals surface area (Å²) in [5.41, 5.74) is 4.33. The van der Waals surface area contributed by atoms with Gasteiger partial charge in [-0.25, -0.2) is 9.78 Å². The lowest BCUT2D eigenvalue weighted by molar-refractivity contribution is -0.119. The van der Waals surface area contributed by atoms with Crippen LogP contribution in [0.15, 0.2) is 45.6 Å². The first-order chi connectivity index (χ1) is 16.0. The van der Waals surface area contributed by atoms with Crippen molar-refractivity contribution in [1.29, 1.82) is 0 Å². The summed E-state index contributed by atoms with van der Waals surface area (Å²) >= 11 is 1.50. The average Bonchev–Trinajstić information content (AvgIpc) is 3.35. The molecule has 2 aromatic carbocycles. The van der Waals surface area contributed by atoms with Gasteiger partial charge in [-0.2, -0.15) is 0 Å². The zero-order valence-electron chi connectivity index (χ0n) is 18.7.